The van der Waals surface area contributed by atoms with Crippen LogP contribution in [-0.2, 0) is 16.0 Å². The number of carbonyl (C=O) groups excluding carboxylic acids is 1. The molecule has 0 aliphatic rings. The molecule has 1 heterocycles. The Bertz CT molecular complexity index is 794. The largest absolute Gasteiger partial charge is 0.466 e. The standard InChI is InChI=1S/C15H12ClNO3/c1-2-19-14(18)8-12-15-11-5-4-10(16)7-9(11)3-6-13(15)20-17-12/h3-7H,2,8H2,1H3. The highest BCUT2D eigenvalue weighted by Crippen LogP contribution is 2.30. The molecule has 0 amide bonds. The Morgan fingerprint density at radius 3 is 3.00 bits per heavy atom. The van der Waals surface area contributed by atoms with Gasteiger partial charge >= 0.3 is 5.97 Å². The summed E-state index contributed by atoms with van der Waals surface area (Å²) in [7, 11) is 0. The van der Waals surface area contributed by atoms with E-state index in [0.29, 0.717) is 22.9 Å². The minimum Gasteiger partial charge on any atom is -0.466 e. The molecule has 1 aromatic heterocycles. The van der Waals surface area contributed by atoms with E-state index in [9.17, 15) is 4.79 Å². The molecular formula is C15H12ClNO3. The van der Waals surface area contributed by atoms with Gasteiger partial charge in [0.2, 0.25) is 0 Å². The minimum absolute atomic E-state index is 0.0998. The van der Waals surface area contributed by atoms with Crippen LogP contribution in [-0.4, -0.2) is 17.7 Å². The van der Waals surface area contributed by atoms with Crippen LogP contribution >= 0.6 is 11.6 Å². The fraction of sp³-hybridized carbons (Fsp3) is 0.200. The maximum atomic E-state index is 11.6. The molecule has 0 bridgehead atoms. The molecule has 4 nitrogen and oxygen atoms in total. The smallest absolute Gasteiger partial charge is 0.312 e. The molecule has 20 heavy (non-hydrogen) atoms. The van der Waals surface area contributed by atoms with E-state index >= 15 is 0 Å². The molecule has 0 spiro atoms. The Hall–Kier alpha value is -2.07. The van der Waals surface area contributed by atoms with Crippen molar-refractivity contribution >= 4 is 39.3 Å². The van der Waals surface area contributed by atoms with Gasteiger partial charge in [-0.3, -0.25) is 4.79 Å². The molecule has 3 rings (SSSR count). The van der Waals surface area contributed by atoms with Gasteiger partial charge in [-0.1, -0.05) is 28.9 Å². The first-order chi connectivity index (χ1) is 9.69. The molecule has 0 fully saturated rings. The number of esters is 1. The normalized spacial score (nSPS) is 11.1. The topological polar surface area (TPSA) is 52.3 Å². The van der Waals surface area contributed by atoms with E-state index in [-0.39, 0.29) is 12.4 Å². The summed E-state index contributed by atoms with van der Waals surface area (Å²) in [4.78, 5) is 11.6. The van der Waals surface area contributed by atoms with Crippen molar-refractivity contribution in [3.05, 3.63) is 41.0 Å². The summed E-state index contributed by atoms with van der Waals surface area (Å²) in [6.45, 7) is 2.13. The first-order valence-electron chi connectivity index (χ1n) is 6.31. The number of benzene rings is 2. The molecule has 0 aliphatic carbocycles. The number of ether oxygens (including phenoxy) is 1. The monoisotopic (exact) mass is 289 g/mol. The summed E-state index contributed by atoms with van der Waals surface area (Å²) in [5.74, 6) is -0.311. The highest BCUT2D eigenvalue weighted by Gasteiger charge is 2.15. The van der Waals surface area contributed by atoms with Crippen molar-refractivity contribution < 1.29 is 14.1 Å². The molecule has 0 saturated heterocycles. The summed E-state index contributed by atoms with van der Waals surface area (Å²) in [6.07, 6.45) is 0.0998. The van der Waals surface area contributed by atoms with Crippen LogP contribution in [0, 0.1) is 0 Å². The van der Waals surface area contributed by atoms with E-state index in [4.69, 9.17) is 20.9 Å². The van der Waals surface area contributed by atoms with E-state index in [0.717, 1.165) is 16.2 Å². The Morgan fingerprint density at radius 1 is 1.35 bits per heavy atom. The number of carbonyl (C=O) groups is 1. The average molecular weight is 290 g/mol. The average Bonchev–Trinajstić information content (AvgIpc) is 2.82. The number of fused-ring (bicyclic) bond motifs is 3. The molecular weight excluding hydrogens is 278 g/mol. The highest BCUT2D eigenvalue weighted by molar-refractivity contribution is 6.31. The van der Waals surface area contributed by atoms with Gasteiger partial charge in [0, 0.05) is 5.02 Å². The zero-order valence-corrected chi connectivity index (χ0v) is 11.6. The molecule has 5 heteroatoms. The van der Waals surface area contributed by atoms with Gasteiger partial charge in [-0.2, -0.15) is 0 Å². The lowest BCUT2D eigenvalue weighted by atomic mass is 10.0. The third-order valence-corrected chi connectivity index (χ3v) is 3.34. The van der Waals surface area contributed by atoms with Crippen LogP contribution in [0.25, 0.3) is 21.7 Å². The van der Waals surface area contributed by atoms with Gasteiger partial charge in [0.1, 0.15) is 5.69 Å². The van der Waals surface area contributed by atoms with Crippen LogP contribution in [0.15, 0.2) is 34.9 Å². The quantitative estimate of drug-likeness (QED) is 0.689. The molecule has 3 aromatic rings. The molecule has 0 N–H and O–H groups in total. The Balaban J connectivity index is 2.16. The summed E-state index contributed by atoms with van der Waals surface area (Å²) < 4.78 is 10.2. The molecule has 0 atom stereocenters. The molecule has 2 aromatic carbocycles. The van der Waals surface area contributed by atoms with E-state index in [2.05, 4.69) is 5.16 Å². The van der Waals surface area contributed by atoms with Crippen LogP contribution in [0.4, 0.5) is 0 Å². The maximum Gasteiger partial charge on any atom is 0.312 e. The first kappa shape index (κ1) is 12.9. The predicted octanol–water partition coefficient (Wildman–Crippen LogP) is 3.74. The second-order valence-electron chi connectivity index (χ2n) is 4.42. The van der Waals surface area contributed by atoms with Crippen molar-refractivity contribution in [1.29, 1.82) is 0 Å². The van der Waals surface area contributed by atoms with Gasteiger partial charge in [0.05, 0.1) is 18.4 Å². The molecule has 0 saturated carbocycles. The van der Waals surface area contributed by atoms with Gasteiger partial charge in [0.25, 0.3) is 0 Å². The Labute approximate surface area is 120 Å². The van der Waals surface area contributed by atoms with Crippen LogP contribution in [0.5, 0.6) is 0 Å². The summed E-state index contributed by atoms with van der Waals surface area (Å²) in [6, 6.07) is 9.34. The summed E-state index contributed by atoms with van der Waals surface area (Å²) in [5.41, 5.74) is 1.24. The van der Waals surface area contributed by atoms with Crippen LogP contribution in [0.3, 0.4) is 0 Å². The van der Waals surface area contributed by atoms with E-state index in [1.807, 2.05) is 30.3 Å². The molecule has 0 unspecified atom stereocenters. The van der Waals surface area contributed by atoms with E-state index in [1.165, 1.54) is 0 Å². The number of aromatic nitrogens is 1. The molecule has 0 radical (unpaired) electrons. The van der Waals surface area contributed by atoms with Gasteiger partial charge in [-0.05, 0) is 35.9 Å². The predicted molar refractivity (Wildman–Crippen MR) is 76.9 cm³/mol. The van der Waals surface area contributed by atoms with E-state index < -0.39 is 0 Å². The maximum absolute atomic E-state index is 11.6. The lowest BCUT2D eigenvalue weighted by Gasteiger charge is -2.02. The Kier molecular flexibility index (Phi) is 3.32. The van der Waals surface area contributed by atoms with Crippen molar-refractivity contribution in [3.63, 3.8) is 0 Å². The van der Waals surface area contributed by atoms with Gasteiger partial charge in [-0.15, -0.1) is 0 Å². The zero-order chi connectivity index (χ0) is 14.1. The second kappa shape index (κ2) is 5.13. The van der Waals surface area contributed by atoms with Crippen LogP contribution in [0.2, 0.25) is 5.02 Å². The lowest BCUT2D eigenvalue weighted by Crippen LogP contribution is -2.07. The van der Waals surface area contributed by atoms with Crippen molar-refractivity contribution in [2.75, 3.05) is 6.61 Å². The first-order valence-corrected chi connectivity index (χ1v) is 6.69. The van der Waals surface area contributed by atoms with Crippen LogP contribution in [0.1, 0.15) is 12.6 Å². The van der Waals surface area contributed by atoms with Gasteiger partial charge in [-0.25, -0.2) is 0 Å². The fourth-order valence-corrected chi connectivity index (χ4v) is 2.45. The summed E-state index contributed by atoms with van der Waals surface area (Å²) >= 11 is 6.00. The van der Waals surface area contributed by atoms with Crippen molar-refractivity contribution in [2.45, 2.75) is 13.3 Å². The van der Waals surface area contributed by atoms with Gasteiger partial charge in [0.15, 0.2) is 5.58 Å². The Morgan fingerprint density at radius 2 is 2.20 bits per heavy atom. The molecule has 0 aliphatic heterocycles. The third kappa shape index (κ3) is 2.23. The zero-order valence-electron chi connectivity index (χ0n) is 10.9. The minimum atomic E-state index is -0.311. The highest BCUT2D eigenvalue weighted by atomic mass is 35.5. The van der Waals surface area contributed by atoms with E-state index in [1.54, 1.807) is 6.92 Å². The number of rotatable bonds is 3. The van der Waals surface area contributed by atoms with Crippen molar-refractivity contribution in [3.8, 4) is 0 Å². The number of hydrogen-bond donors (Lipinski definition) is 0. The number of nitrogens with zero attached hydrogens (tertiary/aromatic N) is 1. The molecule has 102 valence electrons. The number of hydrogen-bond acceptors (Lipinski definition) is 4. The number of halogens is 1. The lowest BCUT2D eigenvalue weighted by molar-refractivity contribution is -0.142. The fourth-order valence-electron chi connectivity index (χ4n) is 2.27. The van der Waals surface area contributed by atoms with Gasteiger partial charge < -0.3 is 9.26 Å². The van der Waals surface area contributed by atoms with Crippen LogP contribution < -0.4 is 0 Å². The van der Waals surface area contributed by atoms with Crippen molar-refractivity contribution in [2.24, 2.45) is 0 Å². The third-order valence-electron chi connectivity index (χ3n) is 3.10. The second-order valence-corrected chi connectivity index (χ2v) is 4.85. The summed E-state index contributed by atoms with van der Waals surface area (Å²) in [5, 5.41) is 7.44. The SMILES string of the molecule is CCOC(=O)Cc1noc2ccc3cc(Cl)ccc3c12. The van der Waals surface area contributed by atoms with Crippen molar-refractivity contribution in [1.82, 2.24) is 5.16 Å².